The van der Waals surface area contributed by atoms with Gasteiger partial charge in [-0.3, -0.25) is 9.59 Å². The van der Waals surface area contributed by atoms with Crippen LogP contribution in [0.3, 0.4) is 0 Å². The zero-order valence-corrected chi connectivity index (χ0v) is 18.6. The second kappa shape index (κ2) is 8.27. The fourth-order valence-electron chi connectivity index (χ4n) is 4.64. The standard InChI is InChI=1S/C23H28F2N4O3/c1-4-15-18-16(10-23(2,3)11-17(18)30)29(28-15)21-14(24)9-13(22(26)31)20(19(21)25)27-12-5-7-32-8-6-12/h9,12,27H,4-8,10-11H2,1-3H3,(H2,26,31). The molecular formula is C23H28F2N4O3. The summed E-state index contributed by atoms with van der Waals surface area (Å²) >= 11 is 0. The lowest BCUT2D eigenvalue weighted by molar-refractivity contribution is 0.0901. The largest absolute Gasteiger partial charge is 0.381 e. The molecule has 0 unspecified atom stereocenters. The average Bonchev–Trinajstić information content (AvgIpc) is 3.08. The lowest BCUT2D eigenvalue weighted by Crippen LogP contribution is -2.30. The van der Waals surface area contributed by atoms with Crippen LogP contribution in [-0.2, 0) is 17.6 Å². The number of rotatable bonds is 5. The molecule has 1 aliphatic heterocycles. The van der Waals surface area contributed by atoms with Gasteiger partial charge in [-0.2, -0.15) is 5.10 Å². The molecule has 32 heavy (non-hydrogen) atoms. The van der Waals surface area contributed by atoms with E-state index in [1.807, 2.05) is 20.8 Å². The van der Waals surface area contributed by atoms with Crippen molar-refractivity contribution in [2.45, 2.75) is 58.9 Å². The number of ether oxygens (including phenoxy) is 1. The van der Waals surface area contributed by atoms with Crippen molar-refractivity contribution >= 4 is 17.4 Å². The monoisotopic (exact) mass is 446 g/mol. The van der Waals surface area contributed by atoms with Crippen molar-refractivity contribution in [2.75, 3.05) is 18.5 Å². The van der Waals surface area contributed by atoms with Crippen LogP contribution in [0.2, 0.25) is 0 Å². The lowest BCUT2D eigenvalue weighted by atomic mass is 9.75. The van der Waals surface area contributed by atoms with Crippen LogP contribution >= 0.6 is 0 Å². The molecule has 0 radical (unpaired) electrons. The van der Waals surface area contributed by atoms with Crippen LogP contribution < -0.4 is 11.1 Å². The first-order valence-corrected chi connectivity index (χ1v) is 10.9. The van der Waals surface area contributed by atoms with Crippen LogP contribution in [0.15, 0.2) is 6.07 Å². The Morgan fingerprint density at radius 1 is 1.31 bits per heavy atom. The summed E-state index contributed by atoms with van der Waals surface area (Å²) in [5, 5.41) is 7.46. The molecule has 0 saturated carbocycles. The number of aryl methyl sites for hydroxylation is 1. The van der Waals surface area contributed by atoms with Crippen molar-refractivity contribution in [2.24, 2.45) is 11.1 Å². The van der Waals surface area contributed by atoms with E-state index in [1.54, 1.807) is 0 Å². The number of carbonyl (C=O) groups excluding carboxylic acids is 2. The number of fused-ring (bicyclic) bond motifs is 1. The van der Waals surface area contributed by atoms with E-state index in [0.717, 1.165) is 6.07 Å². The van der Waals surface area contributed by atoms with Gasteiger partial charge in [0.1, 0.15) is 5.69 Å². The number of hydrogen-bond donors (Lipinski definition) is 2. The summed E-state index contributed by atoms with van der Waals surface area (Å²) in [6.07, 6.45) is 2.48. The number of aromatic nitrogens is 2. The van der Waals surface area contributed by atoms with Gasteiger partial charge < -0.3 is 15.8 Å². The molecule has 1 aliphatic carbocycles. The van der Waals surface area contributed by atoms with Crippen molar-refractivity contribution in [3.63, 3.8) is 0 Å². The maximum absolute atomic E-state index is 15.9. The van der Waals surface area contributed by atoms with E-state index in [0.29, 0.717) is 62.3 Å². The molecule has 2 aromatic rings. The smallest absolute Gasteiger partial charge is 0.251 e. The number of hydrogen-bond acceptors (Lipinski definition) is 5. The number of halogens is 2. The molecule has 2 heterocycles. The van der Waals surface area contributed by atoms with Crippen LogP contribution in [0.25, 0.3) is 5.69 Å². The SMILES string of the molecule is CCc1nn(-c2c(F)cc(C(N)=O)c(NC3CCOCC3)c2F)c2c1C(=O)CC(C)(C)C2. The minimum absolute atomic E-state index is 0.0746. The van der Waals surface area contributed by atoms with Crippen molar-refractivity contribution in [3.05, 3.63) is 40.2 Å². The van der Waals surface area contributed by atoms with Crippen molar-refractivity contribution < 1.29 is 23.1 Å². The molecule has 1 aromatic heterocycles. The van der Waals surface area contributed by atoms with Crippen LogP contribution in [0, 0.1) is 17.0 Å². The molecule has 7 nitrogen and oxygen atoms in total. The van der Waals surface area contributed by atoms with E-state index in [9.17, 15) is 9.59 Å². The van der Waals surface area contributed by atoms with Gasteiger partial charge in [-0.1, -0.05) is 20.8 Å². The number of amides is 1. The summed E-state index contributed by atoms with van der Waals surface area (Å²) < 4.78 is 37.7. The highest BCUT2D eigenvalue weighted by Gasteiger charge is 2.38. The highest BCUT2D eigenvalue weighted by atomic mass is 19.1. The highest BCUT2D eigenvalue weighted by molar-refractivity contribution is 6.00. The Balaban J connectivity index is 1.90. The Bertz CT molecular complexity index is 1090. The Morgan fingerprint density at radius 3 is 2.62 bits per heavy atom. The zero-order chi connectivity index (χ0) is 23.2. The summed E-state index contributed by atoms with van der Waals surface area (Å²) in [6, 6.07) is 0.797. The molecule has 1 aromatic carbocycles. The number of anilines is 1. The molecule has 9 heteroatoms. The van der Waals surface area contributed by atoms with Gasteiger partial charge in [-0.25, -0.2) is 13.5 Å². The Morgan fingerprint density at radius 2 is 2.00 bits per heavy atom. The van der Waals surface area contributed by atoms with E-state index >= 15 is 8.78 Å². The minimum atomic E-state index is -0.961. The van der Waals surface area contributed by atoms with Gasteiger partial charge in [0.15, 0.2) is 17.4 Å². The fourth-order valence-corrected chi connectivity index (χ4v) is 4.64. The topological polar surface area (TPSA) is 99.2 Å². The first kappa shape index (κ1) is 22.4. The quantitative estimate of drug-likeness (QED) is 0.732. The van der Waals surface area contributed by atoms with Crippen LogP contribution in [0.1, 0.15) is 72.1 Å². The van der Waals surface area contributed by atoms with Gasteiger partial charge in [0.25, 0.3) is 5.91 Å². The first-order chi connectivity index (χ1) is 15.1. The molecule has 2 aliphatic rings. The van der Waals surface area contributed by atoms with E-state index in [2.05, 4.69) is 10.4 Å². The van der Waals surface area contributed by atoms with Crippen LogP contribution in [-0.4, -0.2) is 40.7 Å². The predicted molar refractivity (Wildman–Crippen MR) is 115 cm³/mol. The molecule has 1 amide bonds. The third-order valence-corrected chi connectivity index (χ3v) is 6.19. The second-order valence-corrected chi connectivity index (χ2v) is 9.31. The number of nitrogens with one attached hydrogen (secondary N) is 1. The molecule has 4 rings (SSSR count). The fraction of sp³-hybridized carbons (Fsp3) is 0.522. The van der Waals surface area contributed by atoms with E-state index in [1.165, 1.54) is 4.68 Å². The average molecular weight is 446 g/mol. The summed E-state index contributed by atoms with van der Waals surface area (Å²) in [6.45, 7) is 6.74. The summed E-state index contributed by atoms with van der Waals surface area (Å²) in [5.74, 6) is -2.92. The van der Waals surface area contributed by atoms with E-state index in [-0.39, 0.29) is 28.5 Å². The van der Waals surface area contributed by atoms with Crippen molar-refractivity contribution in [1.29, 1.82) is 0 Å². The molecule has 1 saturated heterocycles. The maximum Gasteiger partial charge on any atom is 0.251 e. The number of carbonyl (C=O) groups is 2. The van der Waals surface area contributed by atoms with Crippen LogP contribution in [0.5, 0.6) is 0 Å². The Labute approximate surface area is 185 Å². The number of Topliss-reactive ketones (excluding diaryl/α,β-unsaturated/α-hetero) is 1. The Hall–Kier alpha value is -2.81. The highest BCUT2D eigenvalue weighted by Crippen LogP contribution is 2.39. The summed E-state index contributed by atoms with van der Waals surface area (Å²) in [5.41, 5.74) is 5.70. The van der Waals surface area contributed by atoms with Crippen molar-refractivity contribution in [1.82, 2.24) is 9.78 Å². The molecule has 3 N–H and O–H groups in total. The van der Waals surface area contributed by atoms with Gasteiger partial charge in [0.2, 0.25) is 0 Å². The van der Waals surface area contributed by atoms with Crippen molar-refractivity contribution in [3.8, 4) is 5.69 Å². The molecule has 0 bridgehead atoms. The molecule has 0 spiro atoms. The third-order valence-electron chi connectivity index (χ3n) is 6.19. The molecular weight excluding hydrogens is 418 g/mol. The zero-order valence-electron chi connectivity index (χ0n) is 18.6. The van der Waals surface area contributed by atoms with Gasteiger partial charge in [0, 0.05) is 25.7 Å². The second-order valence-electron chi connectivity index (χ2n) is 9.31. The first-order valence-electron chi connectivity index (χ1n) is 10.9. The Kier molecular flexibility index (Phi) is 5.79. The van der Waals surface area contributed by atoms with Crippen LogP contribution in [0.4, 0.5) is 14.5 Å². The number of nitrogens with zero attached hydrogens (tertiary/aromatic N) is 2. The number of nitrogens with two attached hydrogens (primary N) is 1. The molecule has 1 fully saturated rings. The summed E-state index contributed by atoms with van der Waals surface area (Å²) in [7, 11) is 0. The third kappa shape index (κ3) is 3.90. The van der Waals surface area contributed by atoms with Gasteiger partial charge in [0.05, 0.1) is 28.2 Å². The van der Waals surface area contributed by atoms with E-state index < -0.39 is 23.2 Å². The van der Waals surface area contributed by atoms with Gasteiger partial charge in [-0.05, 0) is 37.2 Å². The minimum Gasteiger partial charge on any atom is -0.381 e. The van der Waals surface area contributed by atoms with Gasteiger partial charge in [-0.15, -0.1) is 0 Å². The van der Waals surface area contributed by atoms with Gasteiger partial charge >= 0.3 is 0 Å². The normalized spacial score (nSPS) is 18.5. The molecule has 0 atom stereocenters. The molecule has 172 valence electrons. The number of benzene rings is 1. The number of ketones is 1. The van der Waals surface area contributed by atoms with E-state index in [4.69, 9.17) is 10.5 Å². The predicted octanol–water partition coefficient (Wildman–Crippen LogP) is 3.56. The summed E-state index contributed by atoms with van der Waals surface area (Å²) in [4.78, 5) is 24.8. The maximum atomic E-state index is 15.9. The lowest BCUT2D eigenvalue weighted by Gasteiger charge is -2.29. The number of primary amides is 1.